The highest BCUT2D eigenvalue weighted by Gasteiger charge is 2.30. The Bertz CT molecular complexity index is 519. The van der Waals surface area contributed by atoms with Crippen molar-refractivity contribution in [2.45, 2.75) is 25.3 Å². The second kappa shape index (κ2) is 5.20. The van der Waals surface area contributed by atoms with Gasteiger partial charge in [-0.3, -0.25) is 4.99 Å². The van der Waals surface area contributed by atoms with E-state index in [-0.39, 0.29) is 12.1 Å². The van der Waals surface area contributed by atoms with Crippen LogP contribution in [0.4, 0.5) is 0 Å². The Morgan fingerprint density at radius 3 is 2.61 bits per heavy atom. The number of aliphatic hydroxyl groups excluding tert-OH is 1. The van der Waals surface area contributed by atoms with Crippen LogP contribution in [0, 0.1) is 12.3 Å². The summed E-state index contributed by atoms with van der Waals surface area (Å²) in [5, 5.41) is 8.98. The monoisotopic (exact) mass is 239 g/mol. The van der Waals surface area contributed by atoms with Crippen LogP contribution >= 0.6 is 0 Å². The third-order valence-electron chi connectivity index (χ3n) is 3.38. The molecule has 1 aliphatic heterocycles. The Morgan fingerprint density at radius 2 is 2.06 bits per heavy atom. The second-order valence-corrected chi connectivity index (χ2v) is 4.45. The van der Waals surface area contributed by atoms with E-state index in [0.29, 0.717) is 6.42 Å². The van der Waals surface area contributed by atoms with Crippen molar-refractivity contribution in [3.05, 3.63) is 47.0 Å². The van der Waals surface area contributed by atoms with Crippen LogP contribution in [0.1, 0.15) is 30.9 Å². The van der Waals surface area contributed by atoms with Crippen molar-refractivity contribution in [2.24, 2.45) is 4.99 Å². The van der Waals surface area contributed by atoms with Gasteiger partial charge in [0.1, 0.15) is 5.54 Å². The molecule has 2 nitrogen and oxygen atoms in total. The maximum Gasteiger partial charge on any atom is 0.104 e. The fourth-order valence-corrected chi connectivity index (χ4v) is 2.26. The number of benzene rings is 1. The highest BCUT2D eigenvalue weighted by atomic mass is 16.2. The molecule has 2 heteroatoms. The first-order valence-electron chi connectivity index (χ1n) is 6.19. The minimum Gasteiger partial charge on any atom is -0.396 e. The van der Waals surface area contributed by atoms with Gasteiger partial charge in [-0.05, 0) is 42.2 Å². The molecule has 0 bridgehead atoms. The summed E-state index contributed by atoms with van der Waals surface area (Å²) in [5.41, 5.74) is 2.84. The zero-order valence-electron chi connectivity index (χ0n) is 10.6. The smallest absolute Gasteiger partial charge is 0.104 e. The number of rotatable bonds is 4. The van der Waals surface area contributed by atoms with E-state index < -0.39 is 0 Å². The second-order valence-electron chi connectivity index (χ2n) is 4.45. The zero-order valence-corrected chi connectivity index (χ0v) is 10.6. The molecule has 0 radical (unpaired) electrons. The summed E-state index contributed by atoms with van der Waals surface area (Å²) in [6, 6.07) is 7.96. The first-order chi connectivity index (χ1) is 8.74. The summed E-state index contributed by atoms with van der Waals surface area (Å²) < 4.78 is 0. The van der Waals surface area contributed by atoms with Gasteiger partial charge in [-0.2, -0.15) is 0 Å². The molecule has 0 aliphatic carbocycles. The molecule has 1 atom stereocenters. The van der Waals surface area contributed by atoms with Gasteiger partial charge in [0.05, 0.1) is 0 Å². The van der Waals surface area contributed by atoms with Crippen LogP contribution in [0.25, 0.3) is 0 Å². The van der Waals surface area contributed by atoms with Gasteiger partial charge in [0.25, 0.3) is 0 Å². The molecule has 1 aromatic carbocycles. The summed E-state index contributed by atoms with van der Waals surface area (Å²) in [6.07, 6.45) is 10.9. The van der Waals surface area contributed by atoms with E-state index in [4.69, 9.17) is 11.5 Å². The van der Waals surface area contributed by atoms with Crippen LogP contribution in [0.5, 0.6) is 0 Å². The first-order valence-corrected chi connectivity index (χ1v) is 6.19. The Labute approximate surface area is 108 Å². The number of aliphatic imine (C=N–C) groups is 1. The van der Waals surface area contributed by atoms with Gasteiger partial charge < -0.3 is 5.11 Å². The van der Waals surface area contributed by atoms with E-state index in [1.54, 1.807) is 0 Å². The van der Waals surface area contributed by atoms with Gasteiger partial charge >= 0.3 is 0 Å². The number of hydrogen-bond donors (Lipinski definition) is 1. The third kappa shape index (κ3) is 2.23. The van der Waals surface area contributed by atoms with Gasteiger partial charge in [-0.25, -0.2) is 0 Å². The number of nitrogens with zero attached hydrogens (tertiary/aromatic N) is 1. The molecule has 1 unspecified atom stereocenters. The predicted octanol–water partition coefficient (Wildman–Crippen LogP) is 2.67. The standard InChI is InChI=1S/C16H17NO/c1-3-13-5-7-15(8-6-13)16(4-2)11-14(9-10-18)12-17-16/h1,5-8,11-12,18H,4,9-10H2,2H3. The molecule has 1 N–H and O–H groups in total. The van der Waals surface area contributed by atoms with Crippen LogP contribution in [0.3, 0.4) is 0 Å². The highest BCUT2D eigenvalue weighted by molar-refractivity contribution is 5.82. The van der Waals surface area contributed by atoms with Crippen LogP contribution in [-0.2, 0) is 5.54 Å². The topological polar surface area (TPSA) is 32.6 Å². The molecule has 1 aromatic rings. The maximum absolute atomic E-state index is 8.98. The lowest BCUT2D eigenvalue weighted by molar-refractivity contribution is 0.301. The van der Waals surface area contributed by atoms with E-state index in [2.05, 4.69) is 23.9 Å². The number of aliphatic hydroxyl groups is 1. The highest BCUT2D eigenvalue weighted by Crippen LogP contribution is 2.36. The molecule has 1 heterocycles. The lowest BCUT2D eigenvalue weighted by atomic mass is 9.87. The molecule has 0 saturated carbocycles. The molecule has 0 amide bonds. The molecule has 0 spiro atoms. The van der Waals surface area contributed by atoms with Crippen LogP contribution in [0.15, 0.2) is 40.9 Å². The SMILES string of the molecule is C#Cc1ccc(C2(CC)C=C(CCO)C=N2)cc1. The van der Waals surface area contributed by atoms with E-state index in [1.165, 1.54) is 0 Å². The lowest BCUT2D eigenvalue weighted by Crippen LogP contribution is -2.17. The molecule has 18 heavy (non-hydrogen) atoms. The van der Waals surface area contributed by atoms with E-state index in [9.17, 15) is 0 Å². The van der Waals surface area contributed by atoms with E-state index in [1.807, 2.05) is 30.5 Å². The molecule has 92 valence electrons. The summed E-state index contributed by atoms with van der Waals surface area (Å²) in [7, 11) is 0. The van der Waals surface area contributed by atoms with Gasteiger partial charge in [0.2, 0.25) is 0 Å². The molecule has 0 fully saturated rings. The fourth-order valence-electron chi connectivity index (χ4n) is 2.26. The summed E-state index contributed by atoms with van der Waals surface area (Å²) in [4.78, 5) is 4.63. The quantitative estimate of drug-likeness (QED) is 0.805. The largest absolute Gasteiger partial charge is 0.396 e. The van der Waals surface area contributed by atoms with Crippen molar-refractivity contribution in [3.63, 3.8) is 0 Å². The summed E-state index contributed by atoms with van der Waals surface area (Å²) in [6.45, 7) is 2.28. The van der Waals surface area contributed by atoms with Gasteiger partial charge in [-0.1, -0.05) is 25.0 Å². The van der Waals surface area contributed by atoms with Gasteiger partial charge in [0, 0.05) is 18.4 Å². The predicted molar refractivity (Wildman–Crippen MR) is 74.6 cm³/mol. The third-order valence-corrected chi connectivity index (χ3v) is 3.38. The lowest BCUT2D eigenvalue weighted by Gasteiger charge is -2.23. The zero-order chi connectivity index (χ0) is 13.0. The molecule has 1 aliphatic rings. The first kappa shape index (κ1) is 12.6. The van der Waals surface area contributed by atoms with Crippen molar-refractivity contribution in [2.75, 3.05) is 6.61 Å². The van der Waals surface area contributed by atoms with Crippen LogP contribution < -0.4 is 0 Å². The van der Waals surface area contributed by atoms with Crippen molar-refractivity contribution in [3.8, 4) is 12.3 Å². The Morgan fingerprint density at radius 1 is 1.33 bits per heavy atom. The summed E-state index contributed by atoms with van der Waals surface area (Å²) in [5.74, 6) is 2.62. The molecular formula is C16H17NO. The minimum absolute atomic E-state index is 0.160. The fraction of sp³-hybridized carbons (Fsp3) is 0.312. The summed E-state index contributed by atoms with van der Waals surface area (Å²) >= 11 is 0. The molecule has 2 rings (SSSR count). The Kier molecular flexibility index (Phi) is 3.64. The van der Waals surface area contributed by atoms with Crippen molar-refractivity contribution in [1.29, 1.82) is 0 Å². The van der Waals surface area contributed by atoms with Crippen molar-refractivity contribution in [1.82, 2.24) is 0 Å². The molecule has 0 aromatic heterocycles. The van der Waals surface area contributed by atoms with Gasteiger partial charge in [0.15, 0.2) is 0 Å². The molecule has 0 saturated heterocycles. The van der Waals surface area contributed by atoms with Crippen molar-refractivity contribution < 1.29 is 5.11 Å². The molecular weight excluding hydrogens is 222 g/mol. The number of terminal acetylenes is 1. The van der Waals surface area contributed by atoms with E-state index in [0.717, 1.165) is 23.1 Å². The Hall–Kier alpha value is -1.85. The van der Waals surface area contributed by atoms with Crippen LogP contribution in [-0.4, -0.2) is 17.9 Å². The maximum atomic E-state index is 8.98. The van der Waals surface area contributed by atoms with Crippen molar-refractivity contribution >= 4 is 6.21 Å². The van der Waals surface area contributed by atoms with E-state index >= 15 is 0 Å². The van der Waals surface area contributed by atoms with Crippen LogP contribution in [0.2, 0.25) is 0 Å². The van der Waals surface area contributed by atoms with Gasteiger partial charge in [-0.15, -0.1) is 6.42 Å². The number of hydrogen-bond acceptors (Lipinski definition) is 2. The minimum atomic E-state index is -0.280. The normalized spacial score (nSPS) is 21.7. The Balaban J connectivity index is 2.34. The average molecular weight is 239 g/mol. The average Bonchev–Trinajstić information content (AvgIpc) is 2.84.